The highest BCUT2D eigenvalue weighted by Crippen LogP contribution is 2.36. The van der Waals surface area contributed by atoms with Gasteiger partial charge in [0.05, 0.1) is 28.4 Å². The summed E-state index contributed by atoms with van der Waals surface area (Å²) in [5.74, 6) is 3.79. The molecule has 0 aromatic heterocycles. The number of hydrogen-bond acceptors (Lipinski definition) is 5. The van der Waals surface area contributed by atoms with E-state index in [4.69, 9.17) is 23.7 Å². The Morgan fingerprint density at radius 3 is 1.24 bits per heavy atom. The van der Waals surface area contributed by atoms with Gasteiger partial charge < -0.3 is 23.7 Å². The Kier molecular flexibility index (Phi) is 4.77. The van der Waals surface area contributed by atoms with Crippen LogP contribution >= 0.6 is 0 Å². The van der Waals surface area contributed by atoms with E-state index in [0.717, 1.165) is 0 Å². The number of hydrogen-bond donors (Lipinski definition) is 0. The zero-order valence-electron chi connectivity index (χ0n) is 12.5. The second-order valence-electron chi connectivity index (χ2n) is 4.14. The fourth-order valence-corrected chi connectivity index (χ4v) is 1.90. The van der Waals surface area contributed by atoms with Gasteiger partial charge in [-0.15, -0.1) is 0 Å². The van der Waals surface area contributed by atoms with Crippen molar-refractivity contribution >= 4 is 0 Å². The second kappa shape index (κ2) is 6.74. The molecule has 0 amide bonds. The van der Waals surface area contributed by atoms with Crippen LogP contribution in [-0.2, 0) is 0 Å². The van der Waals surface area contributed by atoms with E-state index < -0.39 is 0 Å². The van der Waals surface area contributed by atoms with Gasteiger partial charge in [0.1, 0.15) is 11.5 Å². The van der Waals surface area contributed by atoms with Gasteiger partial charge in [-0.1, -0.05) is 0 Å². The van der Waals surface area contributed by atoms with Crippen LogP contribution in [0.2, 0.25) is 0 Å². The van der Waals surface area contributed by atoms with Crippen molar-refractivity contribution in [2.24, 2.45) is 0 Å². The lowest BCUT2D eigenvalue weighted by Crippen LogP contribution is -1.93. The van der Waals surface area contributed by atoms with Gasteiger partial charge in [-0.3, -0.25) is 0 Å². The van der Waals surface area contributed by atoms with Crippen LogP contribution < -0.4 is 23.7 Å². The van der Waals surface area contributed by atoms with Crippen molar-refractivity contribution in [3.63, 3.8) is 0 Å². The van der Waals surface area contributed by atoms with Gasteiger partial charge >= 0.3 is 0 Å². The third kappa shape index (κ3) is 3.31. The normalized spacial score (nSPS) is 9.90. The van der Waals surface area contributed by atoms with Crippen molar-refractivity contribution in [2.45, 2.75) is 0 Å². The summed E-state index contributed by atoms with van der Waals surface area (Å²) in [6.45, 7) is 0. The van der Waals surface area contributed by atoms with E-state index in [-0.39, 0.29) is 0 Å². The third-order valence-electron chi connectivity index (χ3n) is 2.95. The molecule has 0 saturated heterocycles. The van der Waals surface area contributed by atoms with Crippen molar-refractivity contribution in [2.75, 3.05) is 28.4 Å². The molecule has 0 saturated carbocycles. The van der Waals surface area contributed by atoms with Crippen molar-refractivity contribution in [1.82, 2.24) is 0 Å². The lowest BCUT2D eigenvalue weighted by molar-refractivity contribution is 0.349. The van der Waals surface area contributed by atoms with E-state index in [1.807, 2.05) is 0 Å². The molecule has 0 aliphatic heterocycles. The molecule has 5 heteroatoms. The van der Waals surface area contributed by atoms with E-state index >= 15 is 0 Å². The molecule has 112 valence electrons. The van der Waals surface area contributed by atoms with Gasteiger partial charge in [-0.2, -0.15) is 0 Å². The minimum Gasteiger partial charge on any atom is -0.493 e. The monoisotopic (exact) mass is 290 g/mol. The first kappa shape index (κ1) is 14.8. The van der Waals surface area contributed by atoms with Crippen LogP contribution in [0.3, 0.4) is 0 Å². The summed E-state index contributed by atoms with van der Waals surface area (Å²) in [6, 6.07) is 10.7. The highest BCUT2D eigenvalue weighted by Gasteiger charge is 2.09. The first-order valence-corrected chi connectivity index (χ1v) is 6.33. The Morgan fingerprint density at radius 2 is 0.905 bits per heavy atom. The van der Waals surface area contributed by atoms with Gasteiger partial charge in [0.25, 0.3) is 0 Å². The zero-order valence-corrected chi connectivity index (χ0v) is 12.5. The summed E-state index contributed by atoms with van der Waals surface area (Å²) in [7, 11) is 6.34. The molecular weight excluding hydrogens is 272 g/mol. The van der Waals surface area contributed by atoms with E-state index in [1.165, 1.54) is 0 Å². The molecule has 0 aliphatic rings. The SMILES string of the molecule is COc1ccc(Oc2ccc(OC)c(OC)c2)cc1OC. The average molecular weight is 290 g/mol. The van der Waals surface area contributed by atoms with Crippen molar-refractivity contribution in [3.8, 4) is 34.5 Å². The van der Waals surface area contributed by atoms with E-state index in [9.17, 15) is 0 Å². The molecular formula is C16H18O5. The van der Waals surface area contributed by atoms with Crippen LogP contribution in [0.25, 0.3) is 0 Å². The predicted octanol–water partition coefficient (Wildman–Crippen LogP) is 3.51. The molecule has 21 heavy (non-hydrogen) atoms. The third-order valence-corrected chi connectivity index (χ3v) is 2.95. The molecule has 0 atom stereocenters. The van der Waals surface area contributed by atoms with E-state index in [0.29, 0.717) is 34.5 Å². The number of methoxy groups -OCH3 is 4. The lowest BCUT2D eigenvalue weighted by Gasteiger charge is -2.12. The second-order valence-corrected chi connectivity index (χ2v) is 4.14. The van der Waals surface area contributed by atoms with Crippen molar-refractivity contribution in [1.29, 1.82) is 0 Å². The predicted molar refractivity (Wildman–Crippen MR) is 79.2 cm³/mol. The Morgan fingerprint density at radius 1 is 0.524 bits per heavy atom. The molecule has 0 spiro atoms. The van der Waals surface area contributed by atoms with E-state index in [1.54, 1.807) is 64.8 Å². The maximum Gasteiger partial charge on any atom is 0.164 e. The minimum absolute atomic E-state index is 0.607. The summed E-state index contributed by atoms with van der Waals surface area (Å²) in [6.07, 6.45) is 0. The molecule has 2 aromatic carbocycles. The molecule has 2 rings (SSSR count). The maximum atomic E-state index is 5.79. The topological polar surface area (TPSA) is 46.2 Å². The van der Waals surface area contributed by atoms with Gasteiger partial charge in [-0.05, 0) is 24.3 Å². The molecule has 0 aliphatic carbocycles. The fraction of sp³-hybridized carbons (Fsp3) is 0.250. The largest absolute Gasteiger partial charge is 0.493 e. The Labute approximate surface area is 124 Å². The van der Waals surface area contributed by atoms with Gasteiger partial charge in [0.2, 0.25) is 0 Å². The summed E-state index contributed by atoms with van der Waals surface area (Å²) < 4.78 is 26.7. The molecule has 2 aromatic rings. The summed E-state index contributed by atoms with van der Waals surface area (Å²) >= 11 is 0. The molecule has 0 unspecified atom stereocenters. The fourth-order valence-electron chi connectivity index (χ4n) is 1.90. The molecule has 0 N–H and O–H groups in total. The van der Waals surface area contributed by atoms with Crippen LogP contribution in [0.4, 0.5) is 0 Å². The van der Waals surface area contributed by atoms with Crippen LogP contribution in [0.1, 0.15) is 0 Å². The van der Waals surface area contributed by atoms with Crippen molar-refractivity contribution in [3.05, 3.63) is 36.4 Å². The zero-order chi connectivity index (χ0) is 15.2. The molecule has 0 fully saturated rings. The first-order chi connectivity index (χ1) is 10.2. The van der Waals surface area contributed by atoms with Crippen LogP contribution in [0.5, 0.6) is 34.5 Å². The Balaban J connectivity index is 2.25. The quantitative estimate of drug-likeness (QED) is 0.814. The highest BCUT2D eigenvalue weighted by atomic mass is 16.5. The average Bonchev–Trinajstić information content (AvgIpc) is 2.54. The Hall–Kier alpha value is -2.56. The summed E-state index contributed by atoms with van der Waals surface area (Å²) in [5, 5.41) is 0. The lowest BCUT2D eigenvalue weighted by atomic mass is 10.2. The molecule has 0 radical (unpaired) electrons. The molecule has 5 nitrogen and oxygen atoms in total. The van der Waals surface area contributed by atoms with Gasteiger partial charge in [0, 0.05) is 12.1 Å². The first-order valence-electron chi connectivity index (χ1n) is 6.33. The minimum atomic E-state index is 0.607. The molecule has 0 bridgehead atoms. The molecule has 0 heterocycles. The highest BCUT2D eigenvalue weighted by molar-refractivity contribution is 5.49. The smallest absolute Gasteiger partial charge is 0.164 e. The van der Waals surface area contributed by atoms with Crippen molar-refractivity contribution < 1.29 is 23.7 Å². The van der Waals surface area contributed by atoms with Crippen LogP contribution in [0.15, 0.2) is 36.4 Å². The summed E-state index contributed by atoms with van der Waals surface area (Å²) in [5.41, 5.74) is 0. The number of rotatable bonds is 6. The van der Waals surface area contributed by atoms with Crippen LogP contribution in [0, 0.1) is 0 Å². The Bertz CT molecular complexity index is 556. The van der Waals surface area contributed by atoms with Gasteiger partial charge in [0.15, 0.2) is 23.0 Å². The van der Waals surface area contributed by atoms with Crippen LogP contribution in [-0.4, -0.2) is 28.4 Å². The van der Waals surface area contributed by atoms with E-state index in [2.05, 4.69) is 0 Å². The number of ether oxygens (including phenoxy) is 5. The standard InChI is InChI=1S/C16H18O5/c1-17-13-7-5-11(9-15(13)19-3)21-12-6-8-14(18-2)16(10-12)20-4/h5-10H,1-4H3. The number of benzene rings is 2. The summed E-state index contributed by atoms with van der Waals surface area (Å²) in [4.78, 5) is 0. The van der Waals surface area contributed by atoms with Gasteiger partial charge in [-0.25, -0.2) is 0 Å². The maximum absolute atomic E-state index is 5.79.